The Hall–Kier alpha value is -3.56. The van der Waals surface area contributed by atoms with Crippen LogP contribution in [0.3, 0.4) is 0 Å². The Balaban J connectivity index is 1.43. The third kappa shape index (κ3) is 4.11. The van der Waals surface area contributed by atoms with Gasteiger partial charge in [0.2, 0.25) is 5.91 Å². The topological polar surface area (TPSA) is 115 Å². The first kappa shape index (κ1) is 23.2. The second-order valence-corrected chi connectivity index (χ2v) is 9.73. The van der Waals surface area contributed by atoms with E-state index in [2.05, 4.69) is 15.6 Å². The maximum absolute atomic E-state index is 13.8. The van der Waals surface area contributed by atoms with Crippen LogP contribution >= 0.6 is 0 Å². The van der Waals surface area contributed by atoms with Gasteiger partial charge in [-0.25, -0.2) is 4.98 Å². The van der Waals surface area contributed by atoms with E-state index in [1.165, 1.54) is 13.4 Å². The monoisotopic (exact) mass is 481 g/mol. The number of anilines is 1. The van der Waals surface area contributed by atoms with Crippen LogP contribution in [-0.2, 0) is 11.3 Å². The van der Waals surface area contributed by atoms with E-state index in [0.29, 0.717) is 17.2 Å². The molecule has 10 heteroatoms. The second-order valence-electron chi connectivity index (χ2n) is 9.73. The lowest BCUT2D eigenvalue weighted by Crippen LogP contribution is -2.65. The normalized spacial score (nSPS) is 22.0. The predicted molar refractivity (Wildman–Crippen MR) is 128 cm³/mol. The van der Waals surface area contributed by atoms with E-state index in [9.17, 15) is 14.4 Å². The Bertz CT molecular complexity index is 1170. The smallest absolute Gasteiger partial charge is 0.276 e. The molecule has 10 nitrogen and oxygen atoms in total. The molecule has 1 aliphatic heterocycles. The van der Waals surface area contributed by atoms with Gasteiger partial charge < -0.3 is 29.6 Å². The first-order valence-corrected chi connectivity index (χ1v) is 12.1. The number of carbonyl (C=O) groups excluding carboxylic acids is 3. The minimum Gasteiger partial charge on any atom is -0.497 e. The maximum Gasteiger partial charge on any atom is 0.276 e. The van der Waals surface area contributed by atoms with E-state index in [1.54, 1.807) is 34.8 Å². The third-order valence-electron chi connectivity index (χ3n) is 7.23. The van der Waals surface area contributed by atoms with E-state index in [1.807, 2.05) is 6.92 Å². The van der Waals surface area contributed by atoms with Crippen molar-refractivity contribution in [1.82, 2.24) is 19.8 Å². The lowest BCUT2D eigenvalue weighted by Gasteiger charge is -2.44. The van der Waals surface area contributed by atoms with Crippen molar-refractivity contribution >= 4 is 23.4 Å². The highest BCUT2D eigenvalue weighted by Gasteiger charge is 2.54. The molecule has 0 radical (unpaired) electrons. The van der Waals surface area contributed by atoms with Crippen molar-refractivity contribution in [2.45, 2.75) is 69.6 Å². The molecule has 2 aromatic rings. The molecule has 2 N–H and O–H groups in total. The molecule has 1 aromatic heterocycles. The van der Waals surface area contributed by atoms with Gasteiger partial charge in [0, 0.05) is 18.2 Å². The Morgan fingerprint density at radius 3 is 2.51 bits per heavy atom. The summed E-state index contributed by atoms with van der Waals surface area (Å²) >= 11 is 0. The number of imidazole rings is 1. The number of amides is 3. The molecule has 35 heavy (non-hydrogen) atoms. The summed E-state index contributed by atoms with van der Waals surface area (Å²) in [7, 11) is 3.04. The van der Waals surface area contributed by atoms with Crippen LogP contribution in [0, 0.1) is 0 Å². The fourth-order valence-corrected chi connectivity index (χ4v) is 5.22. The number of carbonyl (C=O) groups is 3. The highest BCUT2D eigenvalue weighted by atomic mass is 16.5. The molecule has 2 heterocycles. The molecule has 2 saturated carbocycles. The number of fused-ring (bicyclic) bond motifs is 1. The quantitative estimate of drug-likeness (QED) is 0.628. The highest BCUT2D eigenvalue weighted by Crippen LogP contribution is 2.39. The van der Waals surface area contributed by atoms with Gasteiger partial charge in [0.05, 0.1) is 32.8 Å². The van der Waals surface area contributed by atoms with Crippen LogP contribution in [0.25, 0.3) is 0 Å². The van der Waals surface area contributed by atoms with Crippen molar-refractivity contribution < 1.29 is 23.9 Å². The summed E-state index contributed by atoms with van der Waals surface area (Å²) in [5, 5.41) is 5.96. The van der Waals surface area contributed by atoms with Gasteiger partial charge in [-0.3, -0.25) is 14.4 Å². The zero-order chi connectivity index (χ0) is 24.7. The number of nitrogens with one attached hydrogen (secondary N) is 2. The molecule has 0 spiro atoms. The summed E-state index contributed by atoms with van der Waals surface area (Å²) in [5.74, 6) is 0.00738. The number of ether oxygens (including phenoxy) is 2. The van der Waals surface area contributed by atoms with Gasteiger partial charge in [-0.1, -0.05) is 12.8 Å². The molecular weight excluding hydrogens is 450 g/mol. The number of aromatic nitrogens is 2. The molecule has 2 fully saturated rings. The van der Waals surface area contributed by atoms with Crippen LogP contribution in [0.4, 0.5) is 5.69 Å². The first-order chi connectivity index (χ1) is 16.9. The zero-order valence-corrected chi connectivity index (χ0v) is 20.3. The van der Waals surface area contributed by atoms with E-state index in [-0.39, 0.29) is 41.8 Å². The van der Waals surface area contributed by atoms with Gasteiger partial charge in [0.25, 0.3) is 11.8 Å². The van der Waals surface area contributed by atoms with Crippen LogP contribution < -0.4 is 20.1 Å². The van der Waals surface area contributed by atoms with Crippen LogP contribution in [-0.4, -0.2) is 64.0 Å². The minimum absolute atomic E-state index is 0.0110. The van der Waals surface area contributed by atoms with Gasteiger partial charge in [-0.15, -0.1) is 0 Å². The van der Waals surface area contributed by atoms with Gasteiger partial charge in [-0.05, 0) is 44.7 Å². The molecule has 1 atom stereocenters. The average molecular weight is 482 g/mol. The van der Waals surface area contributed by atoms with Gasteiger partial charge in [-0.2, -0.15) is 0 Å². The summed E-state index contributed by atoms with van der Waals surface area (Å²) in [5.41, 5.74) is -0.380. The Kier molecular flexibility index (Phi) is 5.90. The average Bonchev–Trinajstić information content (AvgIpc) is 3.36. The third-order valence-corrected chi connectivity index (χ3v) is 7.23. The summed E-state index contributed by atoms with van der Waals surface area (Å²) in [6, 6.07) is 5.17. The molecule has 0 saturated heterocycles. The molecule has 3 aliphatic rings. The second kappa shape index (κ2) is 8.90. The standard InChI is InChI=1S/C25H31N5O5/c1-25(24(33)27-15-6-4-5-7-15)13-29-14-26-20(21(29)23(32)30(25)16-8-9-16)22(31)28-18-11-10-17(34-2)12-19(18)35-3/h10-12,14-16H,4-9,13H2,1-3H3,(H,27,33)(H,28,31)/t25-/m0/s1. The Morgan fingerprint density at radius 1 is 1.11 bits per heavy atom. The van der Waals surface area contributed by atoms with E-state index < -0.39 is 11.4 Å². The number of nitrogens with zero attached hydrogens (tertiary/aromatic N) is 3. The zero-order valence-electron chi connectivity index (χ0n) is 20.3. The van der Waals surface area contributed by atoms with Crippen LogP contribution in [0.15, 0.2) is 24.5 Å². The minimum atomic E-state index is -1.04. The molecule has 186 valence electrons. The van der Waals surface area contributed by atoms with Crippen LogP contribution in [0.5, 0.6) is 11.5 Å². The Morgan fingerprint density at radius 2 is 1.86 bits per heavy atom. The summed E-state index contributed by atoms with van der Waals surface area (Å²) < 4.78 is 12.2. The van der Waals surface area contributed by atoms with E-state index >= 15 is 0 Å². The van der Waals surface area contributed by atoms with Gasteiger partial charge >= 0.3 is 0 Å². The number of rotatable bonds is 7. The van der Waals surface area contributed by atoms with E-state index in [4.69, 9.17) is 9.47 Å². The fourth-order valence-electron chi connectivity index (χ4n) is 5.22. The van der Waals surface area contributed by atoms with Crippen molar-refractivity contribution in [3.8, 4) is 11.5 Å². The first-order valence-electron chi connectivity index (χ1n) is 12.1. The number of hydrogen-bond donors (Lipinski definition) is 2. The Labute approximate surface area is 204 Å². The van der Waals surface area contributed by atoms with Crippen molar-refractivity contribution in [1.29, 1.82) is 0 Å². The predicted octanol–water partition coefficient (Wildman–Crippen LogP) is 2.59. The maximum atomic E-state index is 13.8. The molecule has 2 aliphatic carbocycles. The van der Waals surface area contributed by atoms with Crippen molar-refractivity contribution in [3.63, 3.8) is 0 Å². The van der Waals surface area contributed by atoms with Crippen molar-refractivity contribution in [2.24, 2.45) is 0 Å². The summed E-state index contributed by atoms with van der Waals surface area (Å²) in [4.78, 5) is 46.4. The van der Waals surface area contributed by atoms with Gasteiger partial charge in [0.15, 0.2) is 5.69 Å². The summed E-state index contributed by atoms with van der Waals surface area (Å²) in [6.07, 6.45) is 7.31. The fraction of sp³-hybridized carbons (Fsp3) is 0.520. The SMILES string of the molecule is COc1ccc(NC(=O)c2ncn3c2C(=O)N(C2CC2)[C@](C)(C(=O)NC2CCCC2)C3)c(OC)c1. The molecule has 1 aromatic carbocycles. The van der Waals surface area contributed by atoms with Gasteiger partial charge in [0.1, 0.15) is 22.7 Å². The van der Waals surface area contributed by atoms with Crippen molar-refractivity contribution in [2.75, 3.05) is 19.5 Å². The number of benzene rings is 1. The molecule has 0 bridgehead atoms. The largest absolute Gasteiger partial charge is 0.497 e. The van der Waals surface area contributed by atoms with Crippen molar-refractivity contribution in [3.05, 3.63) is 35.9 Å². The summed E-state index contributed by atoms with van der Waals surface area (Å²) in [6.45, 7) is 2.06. The lowest BCUT2D eigenvalue weighted by atomic mass is 9.93. The molecule has 3 amide bonds. The number of methoxy groups -OCH3 is 2. The van der Waals surface area contributed by atoms with E-state index in [0.717, 1.165) is 38.5 Å². The molecule has 0 unspecified atom stereocenters. The highest BCUT2D eigenvalue weighted by molar-refractivity contribution is 6.12. The molecular formula is C25H31N5O5. The van der Waals surface area contributed by atoms with Crippen LogP contribution in [0.2, 0.25) is 0 Å². The number of hydrogen-bond acceptors (Lipinski definition) is 6. The van der Waals surface area contributed by atoms with Crippen LogP contribution in [0.1, 0.15) is 66.4 Å². The lowest BCUT2D eigenvalue weighted by molar-refractivity contribution is -0.134. The molecule has 5 rings (SSSR count).